The highest BCUT2D eigenvalue weighted by Gasteiger charge is 2.24. The molecule has 134 valence electrons. The SMILES string of the molecule is CCOC(=O)C(/C(=C/CCO)C(C)=O)=C(/C)c1ccc2c(c1)OCO2. The van der Waals surface area contributed by atoms with Crippen molar-refractivity contribution in [3.63, 3.8) is 0 Å². The molecule has 1 N–H and O–H groups in total. The predicted molar refractivity (Wildman–Crippen MR) is 92.3 cm³/mol. The quantitative estimate of drug-likeness (QED) is 0.464. The molecule has 0 spiro atoms. The number of ether oxygens (including phenoxy) is 3. The Morgan fingerprint density at radius 1 is 1.24 bits per heavy atom. The third-order valence-corrected chi connectivity index (χ3v) is 3.79. The molecule has 1 aliphatic heterocycles. The monoisotopic (exact) mass is 346 g/mol. The smallest absolute Gasteiger partial charge is 0.339 e. The van der Waals surface area contributed by atoms with Crippen LogP contribution in [0.2, 0.25) is 0 Å². The second-order valence-electron chi connectivity index (χ2n) is 5.47. The van der Waals surface area contributed by atoms with Crippen LogP contribution in [0.4, 0.5) is 0 Å². The van der Waals surface area contributed by atoms with E-state index in [1.165, 1.54) is 6.92 Å². The van der Waals surface area contributed by atoms with Crippen molar-refractivity contribution in [2.24, 2.45) is 0 Å². The van der Waals surface area contributed by atoms with Gasteiger partial charge in [-0.3, -0.25) is 4.79 Å². The number of fused-ring (bicyclic) bond motifs is 1. The molecule has 6 nitrogen and oxygen atoms in total. The number of Topliss-reactive ketones (excluding diaryl/α,β-unsaturated/α-hetero) is 1. The first-order chi connectivity index (χ1) is 12.0. The zero-order valence-electron chi connectivity index (χ0n) is 14.6. The molecule has 0 saturated carbocycles. The Morgan fingerprint density at radius 3 is 2.60 bits per heavy atom. The molecule has 1 aromatic rings. The number of aliphatic hydroxyl groups is 1. The number of esters is 1. The average Bonchev–Trinajstić information content (AvgIpc) is 3.05. The fraction of sp³-hybridized carbons (Fsp3) is 0.368. The molecular formula is C19H22O6. The van der Waals surface area contributed by atoms with Gasteiger partial charge in [0.15, 0.2) is 17.3 Å². The molecule has 25 heavy (non-hydrogen) atoms. The molecule has 0 aromatic heterocycles. The minimum Gasteiger partial charge on any atom is -0.462 e. The van der Waals surface area contributed by atoms with Crippen LogP contribution in [0.25, 0.3) is 5.57 Å². The fourth-order valence-electron chi connectivity index (χ4n) is 2.57. The van der Waals surface area contributed by atoms with Crippen LogP contribution < -0.4 is 9.47 Å². The van der Waals surface area contributed by atoms with Crippen LogP contribution in [-0.2, 0) is 14.3 Å². The number of ketones is 1. The molecule has 0 unspecified atom stereocenters. The van der Waals surface area contributed by atoms with Gasteiger partial charge in [-0.05, 0) is 50.5 Å². The van der Waals surface area contributed by atoms with Crippen LogP contribution in [0.1, 0.15) is 32.8 Å². The topological polar surface area (TPSA) is 82.1 Å². The van der Waals surface area contributed by atoms with Gasteiger partial charge in [0.2, 0.25) is 6.79 Å². The molecule has 0 radical (unpaired) electrons. The minimum atomic E-state index is -0.572. The van der Waals surface area contributed by atoms with Crippen LogP contribution in [0.15, 0.2) is 35.4 Å². The molecule has 0 fully saturated rings. The lowest BCUT2D eigenvalue weighted by Crippen LogP contribution is -2.15. The molecule has 0 bridgehead atoms. The van der Waals surface area contributed by atoms with Gasteiger partial charge in [-0.1, -0.05) is 12.1 Å². The zero-order valence-corrected chi connectivity index (χ0v) is 14.6. The molecule has 0 atom stereocenters. The maximum atomic E-state index is 12.5. The van der Waals surface area contributed by atoms with Crippen molar-refractivity contribution in [3.8, 4) is 11.5 Å². The van der Waals surface area contributed by atoms with Gasteiger partial charge in [0.25, 0.3) is 0 Å². The third-order valence-electron chi connectivity index (χ3n) is 3.79. The van der Waals surface area contributed by atoms with Crippen molar-refractivity contribution in [2.45, 2.75) is 27.2 Å². The Bertz CT molecular complexity index is 729. The first-order valence-electron chi connectivity index (χ1n) is 8.09. The van der Waals surface area contributed by atoms with Crippen molar-refractivity contribution in [3.05, 3.63) is 41.0 Å². The summed E-state index contributed by atoms with van der Waals surface area (Å²) < 4.78 is 15.8. The Morgan fingerprint density at radius 2 is 1.96 bits per heavy atom. The fourth-order valence-corrected chi connectivity index (χ4v) is 2.57. The van der Waals surface area contributed by atoms with Crippen LogP contribution in [0.5, 0.6) is 11.5 Å². The first kappa shape index (κ1) is 18.7. The zero-order chi connectivity index (χ0) is 18.4. The predicted octanol–water partition coefficient (Wildman–Crippen LogP) is 2.65. The van der Waals surface area contributed by atoms with Crippen molar-refractivity contribution < 1.29 is 28.9 Å². The van der Waals surface area contributed by atoms with Crippen LogP contribution in [0.3, 0.4) is 0 Å². The van der Waals surface area contributed by atoms with E-state index in [2.05, 4.69) is 0 Å². The second-order valence-corrected chi connectivity index (χ2v) is 5.47. The highest BCUT2D eigenvalue weighted by atomic mass is 16.7. The largest absolute Gasteiger partial charge is 0.462 e. The van der Waals surface area contributed by atoms with E-state index in [1.54, 1.807) is 38.1 Å². The molecular weight excluding hydrogens is 324 g/mol. The van der Waals surface area contributed by atoms with E-state index in [0.29, 0.717) is 17.1 Å². The molecule has 1 aliphatic rings. The Labute approximate surface area is 146 Å². The second kappa shape index (κ2) is 8.48. The normalized spacial score (nSPS) is 14.2. The first-order valence-corrected chi connectivity index (χ1v) is 8.09. The summed E-state index contributed by atoms with van der Waals surface area (Å²) in [4.78, 5) is 24.6. The van der Waals surface area contributed by atoms with E-state index in [1.807, 2.05) is 0 Å². The van der Waals surface area contributed by atoms with Gasteiger partial charge < -0.3 is 19.3 Å². The molecule has 0 aliphatic carbocycles. The van der Waals surface area contributed by atoms with Crippen LogP contribution in [-0.4, -0.2) is 36.9 Å². The lowest BCUT2D eigenvalue weighted by molar-refractivity contribution is -0.138. The molecule has 0 amide bonds. The number of aliphatic hydroxyl groups excluding tert-OH is 1. The maximum Gasteiger partial charge on any atom is 0.339 e. The van der Waals surface area contributed by atoms with Crippen molar-refractivity contribution in [1.82, 2.24) is 0 Å². The number of hydrogen-bond acceptors (Lipinski definition) is 6. The summed E-state index contributed by atoms with van der Waals surface area (Å²) >= 11 is 0. The molecule has 6 heteroatoms. The van der Waals surface area contributed by atoms with E-state index in [-0.39, 0.29) is 43.4 Å². The van der Waals surface area contributed by atoms with Gasteiger partial charge >= 0.3 is 5.97 Å². The number of hydrogen-bond donors (Lipinski definition) is 1. The molecule has 0 saturated heterocycles. The van der Waals surface area contributed by atoms with Gasteiger partial charge in [0.1, 0.15) is 0 Å². The number of carbonyl (C=O) groups excluding carboxylic acids is 2. The summed E-state index contributed by atoms with van der Waals surface area (Å²) in [6.45, 7) is 5.07. The van der Waals surface area contributed by atoms with Gasteiger partial charge in [-0.2, -0.15) is 0 Å². The summed E-state index contributed by atoms with van der Waals surface area (Å²) in [6, 6.07) is 5.32. The molecule has 1 aromatic carbocycles. The van der Waals surface area contributed by atoms with E-state index in [9.17, 15) is 9.59 Å². The van der Waals surface area contributed by atoms with Gasteiger partial charge in [0.05, 0.1) is 12.2 Å². The summed E-state index contributed by atoms with van der Waals surface area (Å²) in [7, 11) is 0. The molecule has 2 rings (SSSR count). The third kappa shape index (κ3) is 4.28. The number of allylic oxidation sites excluding steroid dienone is 1. The van der Waals surface area contributed by atoms with Gasteiger partial charge in [-0.25, -0.2) is 4.79 Å². The standard InChI is InChI=1S/C19H22O6/c1-4-23-19(22)18(15(13(3)21)6-5-9-20)12(2)14-7-8-16-17(10-14)25-11-24-16/h6-8,10,20H,4-5,9,11H2,1-3H3/b15-6+,18-12-. The maximum absolute atomic E-state index is 12.5. The Balaban J connectivity index is 2.57. The lowest BCUT2D eigenvalue weighted by atomic mass is 9.92. The Hall–Kier alpha value is -2.60. The van der Waals surface area contributed by atoms with Crippen molar-refractivity contribution >= 4 is 17.3 Å². The summed E-state index contributed by atoms with van der Waals surface area (Å²) in [5.41, 5.74) is 1.75. The van der Waals surface area contributed by atoms with Crippen molar-refractivity contribution in [1.29, 1.82) is 0 Å². The summed E-state index contributed by atoms with van der Waals surface area (Å²) in [5, 5.41) is 9.06. The lowest BCUT2D eigenvalue weighted by Gasteiger charge is -2.14. The number of carbonyl (C=O) groups is 2. The summed E-state index contributed by atoms with van der Waals surface area (Å²) in [6.07, 6.45) is 1.83. The summed E-state index contributed by atoms with van der Waals surface area (Å²) in [5.74, 6) is 0.384. The Kier molecular flexibility index (Phi) is 6.36. The van der Waals surface area contributed by atoms with Gasteiger partial charge in [-0.15, -0.1) is 0 Å². The number of benzene rings is 1. The van der Waals surface area contributed by atoms with Crippen LogP contribution in [0, 0.1) is 0 Å². The average molecular weight is 346 g/mol. The van der Waals surface area contributed by atoms with E-state index >= 15 is 0 Å². The van der Waals surface area contributed by atoms with E-state index in [4.69, 9.17) is 19.3 Å². The van der Waals surface area contributed by atoms with E-state index in [0.717, 1.165) is 5.56 Å². The highest BCUT2D eigenvalue weighted by molar-refractivity contribution is 6.13. The van der Waals surface area contributed by atoms with Gasteiger partial charge in [0, 0.05) is 12.2 Å². The van der Waals surface area contributed by atoms with Crippen molar-refractivity contribution in [2.75, 3.05) is 20.0 Å². The van der Waals surface area contributed by atoms with E-state index < -0.39 is 5.97 Å². The number of rotatable bonds is 7. The highest BCUT2D eigenvalue weighted by Crippen LogP contribution is 2.36. The molecule has 1 heterocycles. The minimum absolute atomic E-state index is 0.115. The van der Waals surface area contributed by atoms with Crippen LogP contribution >= 0.6 is 0 Å².